The third-order valence-electron chi connectivity index (χ3n) is 10.8. The van der Waals surface area contributed by atoms with Crippen LogP contribution in [0.3, 0.4) is 0 Å². The highest BCUT2D eigenvalue weighted by molar-refractivity contribution is 6.17. The molecular weight excluding hydrogens is 420 g/mol. The van der Waals surface area contributed by atoms with E-state index in [1.165, 1.54) is 6.92 Å². The Labute approximate surface area is 196 Å². The molecule has 0 saturated heterocycles. The van der Waals surface area contributed by atoms with Crippen molar-refractivity contribution in [2.24, 2.45) is 38.9 Å². The Morgan fingerprint density at radius 1 is 1.06 bits per heavy atom. The number of fused-ring (bicyclic) bond motifs is 5. The van der Waals surface area contributed by atoms with Crippen LogP contribution in [0.1, 0.15) is 81.1 Å². The maximum absolute atomic E-state index is 13.8. The summed E-state index contributed by atoms with van der Waals surface area (Å²) in [5.74, 6) is -1.94. The van der Waals surface area contributed by atoms with E-state index >= 15 is 0 Å². The molecule has 0 bridgehead atoms. The summed E-state index contributed by atoms with van der Waals surface area (Å²) >= 11 is 0. The summed E-state index contributed by atoms with van der Waals surface area (Å²) in [5, 5.41) is 21.9. The minimum atomic E-state index is -1.75. The second-order valence-corrected chi connectivity index (χ2v) is 12.3. The highest BCUT2D eigenvalue weighted by Gasteiger charge is 2.79. The third-order valence-corrected chi connectivity index (χ3v) is 10.8. The van der Waals surface area contributed by atoms with Gasteiger partial charge in [0.15, 0.2) is 11.2 Å². The monoisotopic (exact) mass is 458 g/mol. The highest BCUT2D eigenvalue weighted by Crippen LogP contribution is 2.76. The lowest BCUT2D eigenvalue weighted by Gasteiger charge is -2.68. The predicted octanol–water partition coefficient (Wildman–Crippen LogP) is 5.23. The van der Waals surface area contributed by atoms with E-state index in [1.807, 2.05) is 13.8 Å². The number of hydrogen-bond acceptors (Lipinski definition) is 5. The number of Topliss-reactive ketones (excluding diaryl/α,β-unsaturated/α-hetero) is 1. The molecule has 2 N–H and O–H groups in total. The van der Waals surface area contributed by atoms with E-state index in [9.17, 15) is 24.6 Å². The molecule has 7 unspecified atom stereocenters. The van der Waals surface area contributed by atoms with Crippen molar-refractivity contribution in [2.75, 3.05) is 0 Å². The average Bonchev–Trinajstić information content (AvgIpc) is 2.86. The lowest BCUT2D eigenvalue weighted by Crippen LogP contribution is -2.69. The summed E-state index contributed by atoms with van der Waals surface area (Å²) in [4.78, 5) is 38.8. The quantitative estimate of drug-likeness (QED) is 0.334. The minimum absolute atomic E-state index is 0.102. The Bertz CT molecular complexity index is 1020. The molecule has 0 aromatic heterocycles. The first-order valence-corrected chi connectivity index (χ1v) is 12.1. The van der Waals surface area contributed by atoms with Crippen molar-refractivity contribution in [1.29, 1.82) is 0 Å². The molecule has 182 valence electrons. The molecule has 0 radical (unpaired) electrons. The zero-order valence-corrected chi connectivity index (χ0v) is 21.2. The van der Waals surface area contributed by atoms with Gasteiger partial charge in [-0.05, 0) is 69.1 Å². The van der Waals surface area contributed by atoms with Gasteiger partial charge in [-0.25, -0.2) is 0 Å². The van der Waals surface area contributed by atoms with E-state index in [2.05, 4.69) is 26.8 Å². The minimum Gasteiger partial charge on any atom is -0.511 e. The summed E-state index contributed by atoms with van der Waals surface area (Å²) in [7, 11) is 0. The van der Waals surface area contributed by atoms with Gasteiger partial charge >= 0.3 is 11.9 Å². The van der Waals surface area contributed by atoms with Gasteiger partial charge in [0.25, 0.3) is 0 Å². The van der Waals surface area contributed by atoms with Gasteiger partial charge in [-0.2, -0.15) is 0 Å². The molecule has 33 heavy (non-hydrogen) atoms. The normalized spacial score (nSPS) is 46.1. The Kier molecular flexibility index (Phi) is 4.90. The van der Waals surface area contributed by atoms with E-state index in [4.69, 9.17) is 4.74 Å². The number of hydrogen-bond donors (Lipinski definition) is 2. The van der Waals surface area contributed by atoms with Crippen LogP contribution >= 0.6 is 0 Å². The van der Waals surface area contributed by atoms with Crippen molar-refractivity contribution in [1.82, 2.24) is 0 Å². The van der Waals surface area contributed by atoms with Gasteiger partial charge in [0, 0.05) is 17.9 Å². The maximum Gasteiger partial charge on any atom is 0.319 e. The molecule has 0 aromatic rings. The van der Waals surface area contributed by atoms with Crippen molar-refractivity contribution in [3.63, 3.8) is 0 Å². The second-order valence-electron chi connectivity index (χ2n) is 12.3. The number of aliphatic hydroxyl groups excluding tert-OH is 1. The van der Waals surface area contributed by atoms with Crippen LogP contribution in [-0.2, 0) is 19.1 Å². The van der Waals surface area contributed by atoms with E-state index in [1.54, 1.807) is 13.8 Å². The van der Waals surface area contributed by atoms with Crippen molar-refractivity contribution < 1.29 is 29.3 Å². The van der Waals surface area contributed by atoms with Gasteiger partial charge in [-0.3, -0.25) is 14.4 Å². The molecule has 6 nitrogen and oxygen atoms in total. The van der Waals surface area contributed by atoms with Crippen molar-refractivity contribution in [2.45, 2.75) is 87.2 Å². The second kappa shape index (κ2) is 6.73. The van der Waals surface area contributed by atoms with Crippen LogP contribution < -0.4 is 0 Å². The summed E-state index contributed by atoms with van der Waals surface area (Å²) in [6.45, 7) is 15.1. The molecule has 0 aromatic carbocycles. The van der Waals surface area contributed by atoms with Crippen LogP contribution in [0.5, 0.6) is 0 Å². The lowest BCUT2D eigenvalue weighted by atomic mass is 9.33. The van der Waals surface area contributed by atoms with Crippen LogP contribution in [0.2, 0.25) is 0 Å². The lowest BCUT2D eigenvalue weighted by molar-refractivity contribution is -0.218. The number of ketones is 1. The molecule has 0 aliphatic heterocycles. The number of rotatable bonds is 2. The fourth-order valence-corrected chi connectivity index (χ4v) is 9.12. The zero-order chi connectivity index (χ0) is 24.9. The largest absolute Gasteiger partial charge is 0.511 e. The number of aliphatic carboxylic acids is 1. The van der Waals surface area contributed by atoms with Crippen molar-refractivity contribution >= 4 is 17.7 Å². The first kappa shape index (κ1) is 24.0. The first-order chi connectivity index (χ1) is 15.0. The van der Waals surface area contributed by atoms with E-state index in [0.717, 1.165) is 18.4 Å². The summed E-state index contributed by atoms with van der Waals surface area (Å²) in [6, 6.07) is 0. The standard InChI is InChI=1S/C27H38O6/c1-14-13-18-24(6)11-10-19(33-16(3)28)23(4,5)17(24)9-12-25(18,7)27(22(31)32)21(30)15(2)20(29)26(14,27)8/h13,17-19,29H,9-12H2,1-8H3,(H,31,32). The Balaban J connectivity index is 1.93. The SMILES string of the molecule is CC(=O)OC1CCC2(C)C(CCC3(C)C2C=C(C)C2(C)C(O)=C(C)C(=O)C23C(=O)O)C1(C)C. The Morgan fingerprint density at radius 3 is 2.21 bits per heavy atom. The number of carbonyl (C=O) groups excluding carboxylic acids is 2. The van der Waals surface area contributed by atoms with Crippen LogP contribution in [0.25, 0.3) is 0 Å². The number of aliphatic hydroxyl groups is 1. The molecule has 0 amide bonds. The molecule has 2 fully saturated rings. The van der Waals surface area contributed by atoms with Crippen LogP contribution in [-0.4, -0.2) is 34.0 Å². The molecule has 0 heterocycles. The van der Waals surface area contributed by atoms with Gasteiger partial charge in [0.05, 0.1) is 5.41 Å². The van der Waals surface area contributed by atoms with E-state index in [0.29, 0.717) is 12.8 Å². The summed E-state index contributed by atoms with van der Waals surface area (Å²) in [5.41, 5.74) is -3.52. The molecule has 7 atom stereocenters. The van der Waals surface area contributed by atoms with Crippen LogP contribution in [0.15, 0.2) is 23.0 Å². The number of carboxylic acids is 1. The van der Waals surface area contributed by atoms with Gasteiger partial charge < -0.3 is 14.9 Å². The third kappa shape index (κ3) is 2.43. The molecule has 4 aliphatic carbocycles. The van der Waals surface area contributed by atoms with Gasteiger partial charge in [0.1, 0.15) is 11.9 Å². The molecule has 4 rings (SSSR count). The molecule has 2 saturated carbocycles. The molecular formula is C27H38O6. The van der Waals surface area contributed by atoms with Gasteiger partial charge in [-0.15, -0.1) is 0 Å². The number of ether oxygens (including phenoxy) is 1. The van der Waals surface area contributed by atoms with Crippen molar-refractivity contribution in [3.8, 4) is 0 Å². The molecule has 6 heteroatoms. The highest BCUT2D eigenvalue weighted by atomic mass is 16.5. The van der Waals surface area contributed by atoms with Crippen LogP contribution in [0, 0.1) is 38.9 Å². The first-order valence-electron chi connectivity index (χ1n) is 12.1. The predicted molar refractivity (Wildman–Crippen MR) is 123 cm³/mol. The van der Waals surface area contributed by atoms with E-state index in [-0.39, 0.29) is 46.1 Å². The smallest absolute Gasteiger partial charge is 0.319 e. The maximum atomic E-state index is 13.8. The van der Waals surface area contributed by atoms with Crippen LogP contribution in [0.4, 0.5) is 0 Å². The Morgan fingerprint density at radius 2 is 1.67 bits per heavy atom. The Hall–Kier alpha value is -2.11. The van der Waals surface area contributed by atoms with Gasteiger partial charge in [0.2, 0.25) is 0 Å². The molecule has 4 aliphatic rings. The van der Waals surface area contributed by atoms with Crippen molar-refractivity contribution in [3.05, 3.63) is 23.0 Å². The molecule has 0 spiro atoms. The number of carbonyl (C=O) groups is 3. The number of allylic oxidation sites excluding steroid dienone is 3. The summed E-state index contributed by atoms with van der Waals surface area (Å²) < 4.78 is 5.73. The fraction of sp³-hybridized carbons (Fsp3) is 0.741. The summed E-state index contributed by atoms with van der Waals surface area (Å²) in [6.07, 6.45) is 4.74. The van der Waals surface area contributed by atoms with Gasteiger partial charge in [-0.1, -0.05) is 39.3 Å². The van der Waals surface area contributed by atoms with E-state index < -0.39 is 28.0 Å². The fourth-order valence-electron chi connectivity index (χ4n) is 9.12. The topological polar surface area (TPSA) is 101 Å². The number of esters is 1. The zero-order valence-electron chi connectivity index (χ0n) is 21.2. The number of carboxylic acid groups (broad SMARTS) is 1. The average molecular weight is 459 g/mol.